The maximum absolute atomic E-state index is 12.3. The molecular weight excluding hydrogens is 332 g/mol. The highest BCUT2D eigenvalue weighted by molar-refractivity contribution is 5.88. The third-order valence-electron chi connectivity index (χ3n) is 4.20. The third-order valence-corrected chi connectivity index (χ3v) is 4.20. The molecule has 0 aliphatic heterocycles. The van der Waals surface area contributed by atoms with Gasteiger partial charge in [-0.15, -0.1) is 0 Å². The van der Waals surface area contributed by atoms with E-state index in [1.807, 2.05) is 30.3 Å². The summed E-state index contributed by atoms with van der Waals surface area (Å²) in [7, 11) is 0. The molecule has 1 amide bonds. The molecule has 0 saturated carbocycles. The Kier molecular flexibility index (Phi) is 6.38. The van der Waals surface area contributed by atoms with Crippen LogP contribution in [0.15, 0.2) is 67.3 Å². The van der Waals surface area contributed by atoms with Crippen molar-refractivity contribution in [2.24, 2.45) is 5.92 Å². The molecule has 0 radical (unpaired) electrons. The molecule has 2 aromatic rings. The Morgan fingerprint density at radius 3 is 2.38 bits per heavy atom. The van der Waals surface area contributed by atoms with E-state index >= 15 is 0 Å². The van der Waals surface area contributed by atoms with E-state index in [0.29, 0.717) is 5.56 Å². The van der Waals surface area contributed by atoms with Crippen molar-refractivity contribution >= 4 is 17.4 Å². The zero-order chi connectivity index (χ0) is 19.1. The number of nitro benzene ring substituents is 1. The highest BCUT2D eigenvalue weighted by Crippen LogP contribution is 2.34. The average molecular weight is 352 g/mol. The molecule has 0 bridgehead atoms. The molecule has 26 heavy (non-hydrogen) atoms. The van der Waals surface area contributed by atoms with Crippen LogP contribution in [-0.2, 0) is 9.59 Å². The van der Waals surface area contributed by atoms with Crippen LogP contribution in [0.1, 0.15) is 24.0 Å². The Bertz CT molecular complexity index is 818. The molecule has 0 heterocycles. The Balaban J connectivity index is 2.50. The normalized spacial score (nSPS) is 12.7. The Morgan fingerprint density at radius 1 is 1.15 bits per heavy atom. The number of hydrogen-bond acceptors (Lipinski definition) is 4. The van der Waals surface area contributed by atoms with Gasteiger partial charge in [-0.3, -0.25) is 19.7 Å². The van der Waals surface area contributed by atoms with E-state index in [4.69, 9.17) is 0 Å². The van der Waals surface area contributed by atoms with Gasteiger partial charge in [0, 0.05) is 30.5 Å². The summed E-state index contributed by atoms with van der Waals surface area (Å²) >= 11 is 0. The van der Waals surface area contributed by atoms with Gasteiger partial charge in [-0.25, -0.2) is 0 Å². The molecule has 0 spiro atoms. The zero-order valence-corrected chi connectivity index (χ0v) is 14.4. The maximum atomic E-state index is 12.3. The summed E-state index contributed by atoms with van der Waals surface area (Å²) in [4.78, 5) is 34.6. The maximum Gasteiger partial charge on any atom is 0.269 e. The molecule has 6 nitrogen and oxygen atoms in total. The summed E-state index contributed by atoms with van der Waals surface area (Å²) in [5, 5.41) is 13.8. The number of nitrogens with one attached hydrogen (secondary N) is 1. The molecular formula is C20H20N2O4. The van der Waals surface area contributed by atoms with E-state index in [2.05, 4.69) is 11.9 Å². The van der Waals surface area contributed by atoms with E-state index in [9.17, 15) is 19.7 Å². The van der Waals surface area contributed by atoms with E-state index in [1.54, 1.807) is 12.1 Å². The largest absolute Gasteiger partial charge is 0.352 e. The number of non-ortho nitro benzene ring substituents is 1. The first-order valence-electron chi connectivity index (χ1n) is 8.14. The van der Waals surface area contributed by atoms with Crippen LogP contribution in [0.25, 0.3) is 0 Å². The average Bonchev–Trinajstić information content (AvgIpc) is 2.65. The highest BCUT2D eigenvalue weighted by atomic mass is 16.6. The van der Waals surface area contributed by atoms with Crippen molar-refractivity contribution in [2.75, 3.05) is 6.54 Å². The van der Waals surface area contributed by atoms with Gasteiger partial charge in [0.1, 0.15) is 5.78 Å². The quantitative estimate of drug-likeness (QED) is 0.449. The van der Waals surface area contributed by atoms with Crippen molar-refractivity contribution in [3.63, 3.8) is 0 Å². The van der Waals surface area contributed by atoms with Crippen LogP contribution in [-0.4, -0.2) is 23.2 Å². The van der Waals surface area contributed by atoms with Crippen LogP contribution >= 0.6 is 0 Å². The molecule has 6 heteroatoms. The van der Waals surface area contributed by atoms with Gasteiger partial charge in [-0.1, -0.05) is 49.0 Å². The van der Waals surface area contributed by atoms with E-state index in [-0.39, 0.29) is 23.9 Å². The number of ketones is 1. The second-order valence-electron chi connectivity index (χ2n) is 5.91. The first kappa shape index (κ1) is 19.1. The van der Waals surface area contributed by atoms with Gasteiger partial charge >= 0.3 is 0 Å². The lowest BCUT2D eigenvalue weighted by Gasteiger charge is -2.26. The molecule has 1 N–H and O–H groups in total. The van der Waals surface area contributed by atoms with Crippen molar-refractivity contribution < 1.29 is 14.5 Å². The number of hydrogen-bond donors (Lipinski definition) is 1. The molecule has 0 fully saturated rings. The number of rotatable bonds is 8. The van der Waals surface area contributed by atoms with Crippen molar-refractivity contribution in [1.82, 2.24) is 5.32 Å². The minimum atomic E-state index is -0.566. The standard InChI is InChI=1S/C20H20N2O4/c1-3-19(24)21-13-18(14(2)23)20(15-8-5-4-6-9-15)16-10-7-11-17(12-16)22(25)26/h3-12,18,20H,1,13H2,2H3,(H,21,24). The smallest absolute Gasteiger partial charge is 0.269 e. The van der Waals surface area contributed by atoms with Gasteiger partial charge in [0.2, 0.25) is 5.91 Å². The number of nitrogens with zero attached hydrogens (tertiary/aromatic N) is 1. The van der Waals surface area contributed by atoms with Gasteiger partial charge in [0.15, 0.2) is 0 Å². The first-order valence-corrected chi connectivity index (χ1v) is 8.14. The van der Waals surface area contributed by atoms with E-state index < -0.39 is 16.8 Å². The molecule has 2 aromatic carbocycles. The zero-order valence-electron chi connectivity index (χ0n) is 14.4. The SMILES string of the molecule is C=CC(=O)NCC(C(C)=O)C(c1ccccc1)c1cccc([N+](=O)[O-])c1. The molecule has 0 aromatic heterocycles. The van der Waals surface area contributed by atoms with Crippen LogP contribution in [0.2, 0.25) is 0 Å². The van der Waals surface area contributed by atoms with Gasteiger partial charge in [0.25, 0.3) is 5.69 Å². The van der Waals surface area contributed by atoms with Crippen LogP contribution in [0, 0.1) is 16.0 Å². The third kappa shape index (κ3) is 4.63. The number of carbonyl (C=O) groups excluding carboxylic acids is 2. The van der Waals surface area contributed by atoms with Crippen LogP contribution in [0.3, 0.4) is 0 Å². The summed E-state index contributed by atoms with van der Waals surface area (Å²) < 4.78 is 0. The van der Waals surface area contributed by atoms with Gasteiger partial charge in [0.05, 0.1) is 4.92 Å². The second kappa shape index (κ2) is 8.71. The molecule has 0 saturated heterocycles. The number of amides is 1. The number of Topliss-reactive ketones (excluding diaryl/α,β-unsaturated/α-hetero) is 1. The monoisotopic (exact) mass is 352 g/mol. The Labute approximate surface area is 151 Å². The lowest BCUT2D eigenvalue weighted by atomic mass is 9.78. The number of nitro groups is 1. The van der Waals surface area contributed by atoms with Gasteiger partial charge in [-0.2, -0.15) is 0 Å². The van der Waals surface area contributed by atoms with Crippen molar-refractivity contribution in [1.29, 1.82) is 0 Å². The van der Waals surface area contributed by atoms with Crippen molar-refractivity contribution in [3.8, 4) is 0 Å². The van der Waals surface area contributed by atoms with E-state index in [0.717, 1.165) is 11.6 Å². The fourth-order valence-corrected chi connectivity index (χ4v) is 2.93. The highest BCUT2D eigenvalue weighted by Gasteiger charge is 2.29. The van der Waals surface area contributed by atoms with Gasteiger partial charge in [-0.05, 0) is 24.1 Å². The molecule has 134 valence electrons. The molecule has 2 atom stereocenters. The summed E-state index contributed by atoms with van der Waals surface area (Å²) in [6.45, 7) is 4.97. The Hall–Kier alpha value is -3.28. The van der Waals surface area contributed by atoms with Crippen LogP contribution in [0.5, 0.6) is 0 Å². The molecule has 0 aliphatic rings. The summed E-state index contributed by atoms with van der Waals surface area (Å²) in [5.74, 6) is -1.47. The predicted molar refractivity (Wildman–Crippen MR) is 98.8 cm³/mol. The summed E-state index contributed by atoms with van der Waals surface area (Å²) in [6.07, 6.45) is 1.14. The van der Waals surface area contributed by atoms with Crippen LogP contribution in [0.4, 0.5) is 5.69 Å². The summed E-state index contributed by atoms with van der Waals surface area (Å²) in [6, 6.07) is 15.5. The lowest BCUT2D eigenvalue weighted by molar-refractivity contribution is -0.384. The van der Waals surface area contributed by atoms with Crippen molar-refractivity contribution in [2.45, 2.75) is 12.8 Å². The number of benzene rings is 2. The van der Waals surface area contributed by atoms with Crippen molar-refractivity contribution in [3.05, 3.63) is 88.5 Å². The summed E-state index contributed by atoms with van der Waals surface area (Å²) in [5.41, 5.74) is 1.46. The fraction of sp³-hybridized carbons (Fsp3) is 0.200. The first-order chi connectivity index (χ1) is 12.4. The Morgan fingerprint density at radius 2 is 1.81 bits per heavy atom. The predicted octanol–water partition coefficient (Wildman–Crippen LogP) is 3.23. The minimum absolute atomic E-state index is 0.0409. The lowest BCUT2D eigenvalue weighted by Crippen LogP contribution is -2.35. The van der Waals surface area contributed by atoms with Gasteiger partial charge < -0.3 is 5.32 Å². The molecule has 2 rings (SSSR count). The van der Waals surface area contributed by atoms with E-state index in [1.165, 1.54) is 19.1 Å². The fourth-order valence-electron chi connectivity index (χ4n) is 2.93. The second-order valence-corrected chi connectivity index (χ2v) is 5.91. The molecule has 0 aliphatic carbocycles. The topological polar surface area (TPSA) is 89.3 Å². The number of carbonyl (C=O) groups is 2. The van der Waals surface area contributed by atoms with Crippen LogP contribution < -0.4 is 5.32 Å². The minimum Gasteiger partial charge on any atom is -0.352 e. The molecule has 2 unspecified atom stereocenters.